The summed E-state index contributed by atoms with van der Waals surface area (Å²) in [5.41, 5.74) is -2.74. The SMILES string of the molecule is Cc1ccc(-c2cc(F)c(C(F)(F)Oc3ccc(-c4cc(F)c(F)c(F)c4)c(F)c3)c(F)c2)c(F)c1. The summed E-state index contributed by atoms with van der Waals surface area (Å²) >= 11 is 0. The van der Waals surface area contributed by atoms with E-state index in [0.717, 1.165) is 18.2 Å². The molecule has 0 aliphatic rings. The van der Waals surface area contributed by atoms with Gasteiger partial charge in [0.15, 0.2) is 17.5 Å². The van der Waals surface area contributed by atoms with Crippen molar-refractivity contribution in [2.24, 2.45) is 0 Å². The van der Waals surface area contributed by atoms with Crippen LogP contribution < -0.4 is 4.74 Å². The number of alkyl halides is 2. The number of halogens is 9. The highest BCUT2D eigenvalue weighted by molar-refractivity contribution is 5.66. The smallest absolute Gasteiger partial charge is 0.429 e. The van der Waals surface area contributed by atoms with Gasteiger partial charge in [-0.2, -0.15) is 8.78 Å². The van der Waals surface area contributed by atoms with Gasteiger partial charge in [0.25, 0.3) is 0 Å². The molecule has 4 rings (SSSR count). The van der Waals surface area contributed by atoms with Crippen molar-refractivity contribution >= 4 is 0 Å². The second kappa shape index (κ2) is 9.25. The highest BCUT2D eigenvalue weighted by Gasteiger charge is 2.41. The third-order valence-corrected chi connectivity index (χ3v) is 5.25. The van der Waals surface area contributed by atoms with Gasteiger partial charge in [-0.05, 0) is 66.1 Å². The monoisotopic (exact) mass is 512 g/mol. The molecule has 0 heterocycles. The fourth-order valence-corrected chi connectivity index (χ4v) is 3.56. The van der Waals surface area contributed by atoms with E-state index in [0.29, 0.717) is 35.9 Å². The van der Waals surface area contributed by atoms with Crippen LogP contribution in [-0.2, 0) is 6.11 Å². The number of benzene rings is 4. The molecule has 0 saturated heterocycles. The van der Waals surface area contributed by atoms with Crippen LogP contribution in [0, 0.1) is 47.6 Å². The molecular weight excluding hydrogens is 499 g/mol. The standard InChI is InChI=1S/C26H13F9O/c1-12-2-4-16(18(27)6-12)13-7-20(29)24(21(30)8-13)26(34,35)36-15-3-5-17(19(28)11-15)14-9-22(31)25(33)23(32)10-14/h2-11H,1H3. The lowest BCUT2D eigenvalue weighted by atomic mass is 10.0. The Morgan fingerprint density at radius 1 is 0.556 bits per heavy atom. The summed E-state index contributed by atoms with van der Waals surface area (Å²) in [4.78, 5) is 0. The van der Waals surface area contributed by atoms with Crippen LogP contribution >= 0.6 is 0 Å². The highest BCUT2D eigenvalue weighted by atomic mass is 19.3. The lowest BCUT2D eigenvalue weighted by Crippen LogP contribution is -2.25. The Morgan fingerprint density at radius 2 is 1.03 bits per heavy atom. The molecule has 4 aromatic carbocycles. The van der Waals surface area contributed by atoms with Crippen molar-refractivity contribution in [2.45, 2.75) is 13.0 Å². The third-order valence-electron chi connectivity index (χ3n) is 5.25. The Balaban J connectivity index is 1.65. The van der Waals surface area contributed by atoms with Crippen LogP contribution in [0.15, 0.2) is 60.7 Å². The maximum atomic E-state index is 14.7. The van der Waals surface area contributed by atoms with E-state index in [1.54, 1.807) is 6.92 Å². The van der Waals surface area contributed by atoms with Gasteiger partial charge in [-0.1, -0.05) is 12.1 Å². The van der Waals surface area contributed by atoms with E-state index in [1.165, 1.54) is 12.1 Å². The van der Waals surface area contributed by atoms with Gasteiger partial charge in [0.2, 0.25) is 0 Å². The molecule has 0 aliphatic carbocycles. The van der Waals surface area contributed by atoms with Gasteiger partial charge in [0, 0.05) is 17.2 Å². The minimum atomic E-state index is -4.64. The molecule has 36 heavy (non-hydrogen) atoms. The normalized spacial score (nSPS) is 11.6. The molecular formula is C26H13F9O. The second-order valence-corrected chi connectivity index (χ2v) is 7.81. The molecule has 0 unspecified atom stereocenters. The molecule has 186 valence electrons. The van der Waals surface area contributed by atoms with Crippen LogP contribution in [0.3, 0.4) is 0 Å². The number of rotatable bonds is 5. The Bertz CT molecular complexity index is 1430. The molecule has 0 radical (unpaired) electrons. The van der Waals surface area contributed by atoms with Crippen molar-refractivity contribution in [1.29, 1.82) is 0 Å². The van der Waals surface area contributed by atoms with Crippen molar-refractivity contribution < 1.29 is 44.3 Å². The fourth-order valence-electron chi connectivity index (χ4n) is 3.56. The summed E-state index contributed by atoms with van der Waals surface area (Å²) in [6.45, 7) is 1.58. The summed E-state index contributed by atoms with van der Waals surface area (Å²) in [6, 6.07) is 7.76. The lowest BCUT2D eigenvalue weighted by Gasteiger charge is -2.20. The van der Waals surface area contributed by atoms with Crippen molar-refractivity contribution in [2.75, 3.05) is 0 Å². The van der Waals surface area contributed by atoms with Crippen molar-refractivity contribution in [3.8, 4) is 28.0 Å². The van der Waals surface area contributed by atoms with Gasteiger partial charge in [0.1, 0.15) is 34.6 Å². The molecule has 0 saturated carbocycles. The van der Waals surface area contributed by atoms with Gasteiger partial charge in [-0.25, -0.2) is 30.7 Å². The molecule has 0 aromatic heterocycles. The lowest BCUT2D eigenvalue weighted by molar-refractivity contribution is -0.189. The van der Waals surface area contributed by atoms with Gasteiger partial charge in [-0.15, -0.1) is 0 Å². The first-order valence-corrected chi connectivity index (χ1v) is 10.1. The minimum absolute atomic E-state index is 0.222. The second-order valence-electron chi connectivity index (χ2n) is 7.81. The van der Waals surface area contributed by atoms with Crippen LogP contribution in [0.5, 0.6) is 5.75 Å². The molecule has 0 spiro atoms. The van der Waals surface area contributed by atoms with Crippen LogP contribution in [0.4, 0.5) is 39.5 Å². The first kappa shape index (κ1) is 25.2. The number of aryl methyl sites for hydroxylation is 1. The van der Waals surface area contributed by atoms with Crippen LogP contribution in [0.25, 0.3) is 22.3 Å². The molecule has 0 aliphatic heterocycles. The first-order chi connectivity index (χ1) is 16.9. The maximum Gasteiger partial charge on any atom is 0.432 e. The van der Waals surface area contributed by atoms with Gasteiger partial charge in [-0.3, -0.25) is 0 Å². The van der Waals surface area contributed by atoms with Crippen LogP contribution in [0.2, 0.25) is 0 Å². The summed E-state index contributed by atoms with van der Waals surface area (Å²) in [6.07, 6.45) is -4.64. The van der Waals surface area contributed by atoms with E-state index in [9.17, 15) is 39.5 Å². The Kier molecular flexibility index (Phi) is 6.46. The van der Waals surface area contributed by atoms with E-state index in [4.69, 9.17) is 0 Å². The average molecular weight is 512 g/mol. The Morgan fingerprint density at radius 3 is 1.53 bits per heavy atom. The topological polar surface area (TPSA) is 9.23 Å². The zero-order chi connectivity index (χ0) is 26.4. The third kappa shape index (κ3) is 4.75. The van der Waals surface area contributed by atoms with E-state index >= 15 is 0 Å². The average Bonchev–Trinajstić information content (AvgIpc) is 2.76. The van der Waals surface area contributed by atoms with Crippen molar-refractivity contribution in [1.82, 2.24) is 0 Å². The fraction of sp³-hybridized carbons (Fsp3) is 0.0769. The van der Waals surface area contributed by atoms with Crippen LogP contribution in [0.1, 0.15) is 11.1 Å². The predicted molar refractivity (Wildman–Crippen MR) is 113 cm³/mol. The van der Waals surface area contributed by atoms with E-state index in [-0.39, 0.29) is 11.1 Å². The van der Waals surface area contributed by atoms with Gasteiger partial charge < -0.3 is 4.74 Å². The zero-order valence-corrected chi connectivity index (χ0v) is 18.1. The minimum Gasteiger partial charge on any atom is -0.429 e. The number of ether oxygens (including phenoxy) is 1. The maximum absolute atomic E-state index is 14.7. The zero-order valence-electron chi connectivity index (χ0n) is 18.1. The summed E-state index contributed by atoms with van der Waals surface area (Å²) in [5, 5.41) is 0. The first-order valence-electron chi connectivity index (χ1n) is 10.1. The Hall–Kier alpha value is -3.95. The van der Waals surface area contributed by atoms with E-state index in [2.05, 4.69) is 4.74 Å². The molecule has 4 aromatic rings. The predicted octanol–water partition coefficient (Wildman–Crippen LogP) is 8.43. The van der Waals surface area contributed by atoms with Gasteiger partial charge in [0.05, 0.1) is 0 Å². The molecule has 1 nitrogen and oxygen atoms in total. The summed E-state index contributed by atoms with van der Waals surface area (Å²) in [7, 11) is 0. The Labute approximate surface area is 198 Å². The van der Waals surface area contributed by atoms with E-state index < -0.39 is 69.3 Å². The molecule has 0 amide bonds. The largest absolute Gasteiger partial charge is 0.432 e. The number of hydrogen-bond acceptors (Lipinski definition) is 1. The summed E-state index contributed by atoms with van der Waals surface area (Å²) < 4.78 is 132. The van der Waals surface area contributed by atoms with Crippen molar-refractivity contribution in [3.63, 3.8) is 0 Å². The summed E-state index contributed by atoms with van der Waals surface area (Å²) in [5.74, 6) is -11.5. The molecule has 10 heteroatoms. The quantitative estimate of drug-likeness (QED) is 0.193. The van der Waals surface area contributed by atoms with Gasteiger partial charge >= 0.3 is 6.11 Å². The van der Waals surface area contributed by atoms with Crippen molar-refractivity contribution in [3.05, 3.63) is 113 Å². The molecule has 0 atom stereocenters. The molecule has 0 fully saturated rings. The molecule has 0 N–H and O–H groups in total. The number of hydrogen-bond donors (Lipinski definition) is 0. The molecule has 0 bridgehead atoms. The van der Waals surface area contributed by atoms with Crippen LogP contribution in [-0.4, -0.2) is 0 Å². The highest BCUT2D eigenvalue weighted by Crippen LogP contribution is 2.38. The van der Waals surface area contributed by atoms with E-state index in [1.807, 2.05) is 0 Å².